The Morgan fingerprint density at radius 3 is 2.94 bits per heavy atom. The topological polar surface area (TPSA) is 50.9 Å². The molecule has 0 aliphatic heterocycles. The van der Waals surface area contributed by atoms with E-state index in [9.17, 15) is 4.39 Å². The minimum atomic E-state index is -0.380. The molecule has 1 aromatic heterocycles. The molecule has 1 aromatic carbocycles. The quantitative estimate of drug-likeness (QED) is 0.888. The van der Waals surface area contributed by atoms with Crippen LogP contribution >= 0.6 is 11.6 Å². The van der Waals surface area contributed by atoms with Crippen molar-refractivity contribution in [2.24, 2.45) is 0 Å². The first kappa shape index (κ1) is 11.0. The van der Waals surface area contributed by atoms with Crippen molar-refractivity contribution in [3.05, 3.63) is 46.8 Å². The minimum absolute atomic E-state index is 0.196. The summed E-state index contributed by atoms with van der Waals surface area (Å²) < 4.78 is 14.3. The molecule has 0 spiro atoms. The smallest absolute Gasteiger partial charge is 0.152 e. The molecule has 0 aliphatic rings. The second-order valence-corrected chi connectivity index (χ2v) is 3.63. The number of hydrogen-bond donors (Lipinski definition) is 1. The number of halogens is 2. The second-order valence-electron chi connectivity index (χ2n) is 3.23. The van der Waals surface area contributed by atoms with E-state index in [1.807, 2.05) is 0 Å². The predicted octanol–water partition coefficient (Wildman–Crippen LogP) is 1.61. The molecule has 0 fully saturated rings. The van der Waals surface area contributed by atoms with Gasteiger partial charge in [0.1, 0.15) is 18.8 Å². The molecule has 0 amide bonds. The van der Waals surface area contributed by atoms with Crippen molar-refractivity contribution in [2.75, 3.05) is 0 Å². The molecule has 0 saturated heterocycles. The first-order valence-electron chi connectivity index (χ1n) is 4.62. The lowest BCUT2D eigenvalue weighted by atomic mass is 10.2. The van der Waals surface area contributed by atoms with Crippen LogP contribution < -0.4 is 0 Å². The van der Waals surface area contributed by atoms with Crippen LogP contribution in [0, 0.1) is 5.82 Å². The summed E-state index contributed by atoms with van der Waals surface area (Å²) in [6.07, 6.45) is 1.35. The van der Waals surface area contributed by atoms with Gasteiger partial charge in [-0.15, -0.1) is 0 Å². The second kappa shape index (κ2) is 4.59. The van der Waals surface area contributed by atoms with Crippen LogP contribution in [0.25, 0.3) is 0 Å². The molecule has 0 aliphatic carbocycles. The Bertz CT molecular complexity index is 501. The molecule has 0 atom stereocenters. The van der Waals surface area contributed by atoms with E-state index in [0.29, 0.717) is 17.4 Å². The third-order valence-electron chi connectivity index (χ3n) is 2.17. The van der Waals surface area contributed by atoms with Crippen LogP contribution in [0.5, 0.6) is 0 Å². The zero-order chi connectivity index (χ0) is 11.5. The molecule has 1 heterocycles. The van der Waals surface area contributed by atoms with Crippen molar-refractivity contribution in [3.63, 3.8) is 0 Å². The number of rotatable bonds is 3. The van der Waals surface area contributed by atoms with Gasteiger partial charge in [-0.2, -0.15) is 5.10 Å². The highest BCUT2D eigenvalue weighted by Gasteiger charge is 2.07. The molecule has 16 heavy (non-hydrogen) atoms. The van der Waals surface area contributed by atoms with E-state index in [1.54, 1.807) is 6.07 Å². The molecule has 4 nitrogen and oxygen atoms in total. The average Bonchev–Trinajstić information content (AvgIpc) is 2.69. The molecule has 0 unspecified atom stereocenters. The molecule has 0 bridgehead atoms. The molecule has 84 valence electrons. The highest BCUT2D eigenvalue weighted by molar-refractivity contribution is 6.31. The van der Waals surface area contributed by atoms with E-state index < -0.39 is 0 Å². The van der Waals surface area contributed by atoms with Gasteiger partial charge >= 0.3 is 0 Å². The third-order valence-corrected chi connectivity index (χ3v) is 2.52. The monoisotopic (exact) mass is 241 g/mol. The predicted molar refractivity (Wildman–Crippen MR) is 56.5 cm³/mol. The summed E-state index contributed by atoms with van der Waals surface area (Å²) >= 11 is 5.88. The molecular formula is C10H9ClFN3O. The maximum Gasteiger partial charge on any atom is 0.152 e. The Morgan fingerprint density at radius 1 is 1.44 bits per heavy atom. The van der Waals surface area contributed by atoms with Crippen LogP contribution in [0.3, 0.4) is 0 Å². The fourth-order valence-corrected chi connectivity index (χ4v) is 1.58. The summed E-state index contributed by atoms with van der Waals surface area (Å²) in [6, 6.07) is 4.16. The Kier molecular flexibility index (Phi) is 3.17. The van der Waals surface area contributed by atoms with E-state index in [4.69, 9.17) is 16.7 Å². The first-order valence-corrected chi connectivity index (χ1v) is 5.00. The van der Waals surface area contributed by atoms with Crippen LogP contribution in [0.15, 0.2) is 24.5 Å². The average molecular weight is 242 g/mol. The van der Waals surface area contributed by atoms with Crippen molar-refractivity contribution < 1.29 is 9.50 Å². The number of aliphatic hydroxyl groups is 1. The molecule has 6 heteroatoms. The molecule has 2 rings (SSSR count). The number of aliphatic hydroxyl groups excluding tert-OH is 1. The van der Waals surface area contributed by atoms with Gasteiger partial charge in [0.05, 0.1) is 6.54 Å². The lowest BCUT2D eigenvalue weighted by Gasteiger charge is -2.06. The maximum atomic E-state index is 12.8. The number of aromatic nitrogens is 3. The van der Waals surface area contributed by atoms with Gasteiger partial charge < -0.3 is 5.11 Å². The third kappa shape index (κ3) is 2.20. The highest BCUT2D eigenvalue weighted by Crippen LogP contribution is 2.18. The number of hydrogen-bond acceptors (Lipinski definition) is 3. The van der Waals surface area contributed by atoms with Gasteiger partial charge in [-0.25, -0.2) is 14.1 Å². The van der Waals surface area contributed by atoms with E-state index in [-0.39, 0.29) is 12.4 Å². The SMILES string of the molecule is OCc1ncnn1Cc1ccc(F)cc1Cl. The molecule has 1 N–H and O–H groups in total. The molecular weight excluding hydrogens is 233 g/mol. The maximum absolute atomic E-state index is 12.8. The molecule has 2 aromatic rings. The van der Waals surface area contributed by atoms with Crippen molar-refractivity contribution >= 4 is 11.6 Å². The zero-order valence-corrected chi connectivity index (χ0v) is 9.02. The Morgan fingerprint density at radius 2 is 2.25 bits per heavy atom. The van der Waals surface area contributed by atoms with Gasteiger partial charge in [0.2, 0.25) is 0 Å². The normalized spacial score (nSPS) is 10.7. The summed E-state index contributed by atoms with van der Waals surface area (Å²) in [5.74, 6) is 0.0649. The summed E-state index contributed by atoms with van der Waals surface area (Å²) in [4.78, 5) is 3.86. The van der Waals surface area contributed by atoms with Gasteiger partial charge in [-0.1, -0.05) is 17.7 Å². The van der Waals surface area contributed by atoms with E-state index in [0.717, 1.165) is 5.56 Å². The van der Waals surface area contributed by atoms with Crippen molar-refractivity contribution in [1.82, 2.24) is 14.8 Å². The van der Waals surface area contributed by atoms with Gasteiger partial charge in [0, 0.05) is 5.02 Å². The summed E-state index contributed by atoms with van der Waals surface area (Å²) in [5, 5.41) is 13.3. The fourth-order valence-electron chi connectivity index (χ4n) is 1.35. The fraction of sp³-hybridized carbons (Fsp3) is 0.200. The lowest BCUT2D eigenvalue weighted by Crippen LogP contribution is -2.07. The summed E-state index contributed by atoms with van der Waals surface area (Å²) in [7, 11) is 0. The van der Waals surface area contributed by atoms with Gasteiger partial charge in [0.25, 0.3) is 0 Å². The van der Waals surface area contributed by atoms with E-state index in [2.05, 4.69) is 10.1 Å². The Labute approximate surface area is 96.3 Å². The summed E-state index contributed by atoms with van der Waals surface area (Å²) in [5.41, 5.74) is 0.725. The molecule has 0 radical (unpaired) electrons. The van der Waals surface area contributed by atoms with Crippen LogP contribution in [0.1, 0.15) is 11.4 Å². The largest absolute Gasteiger partial charge is 0.388 e. The zero-order valence-electron chi connectivity index (χ0n) is 8.27. The Hall–Kier alpha value is -1.46. The van der Waals surface area contributed by atoms with Crippen LogP contribution in [-0.2, 0) is 13.2 Å². The van der Waals surface area contributed by atoms with Crippen molar-refractivity contribution in [1.29, 1.82) is 0 Å². The van der Waals surface area contributed by atoms with Crippen LogP contribution in [0.4, 0.5) is 4.39 Å². The van der Waals surface area contributed by atoms with E-state index in [1.165, 1.54) is 23.1 Å². The number of nitrogens with zero attached hydrogens (tertiary/aromatic N) is 3. The summed E-state index contributed by atoms with van der Waals surface area (Å²) in [6.45, 7) is 0.161. The standard InChI is InChI=1S/C10H9ClFN3O/c11-9-3-8(12)2-1-7(9)4-15-10(5-16)13-6-14-15/h1-3,6,16H,4-5H2. The van der Waals surface area contributed by atoms with Gasteiger partial charge in [-0.05, 0) is 17.7 Å². The minimum Gasteiger partial charge on any atom is -0.388 e. The van der Waals surface area contributed by atoms with Crippen molar-refractivity contribution in [2.45, 2.75) is 13.2 Å². The van der Waals surface area contributed by atoms with Crippen LogP contribution in [-0.4, -0.2) is 19.9 Å². The first-order chi connectivity index (χ1) is 7.70. The Balaban J connectivity index is 2.27. The molecule has 0 saturated carbocycles. The van der Waals surface area contributed by atoms with Crippen molar-refractivity contribution in [3.8, 4) is 0 Å². The highest BCUT2D eigenvalue weighted by atomic mass is 35.5. The van der Waals surface area contributed by atoms with E-state index >= 15 is 0 Å². The lowest BCUT2D eigenvalue weighted by molar-refractivity contribution is 0.264. The van der Waals surface area contributed by atoms with Crippen LogP contribution in [0.2, 0.25) is 5.02 Å². The van der Waals surface area contributed by atoms with Gasteiger partial charge in [-0.3, -0.25) is 0 Å². The number of benzene rings is 1. The van der Waals surface area contributed by atoms with Gasteiger partial charge in [0.15, 0.2) is 5.82 Å².